The van der Waals surface area contributed by atoms with Crippen LogP contribution in [0.4, 0.5) is 8.78 Å². The van der Waals surface area contributed by atoms with Gasteiger partial charge in [-0.2, -0.15) is 0 Å². The van der Waals surface area contributed by atoms with Crippen molar-refractivity contribution in [3.63, 3.8) is 0 Å². The molecule has 0 spiro atoms. The largest absolute Gasteiger partial charge is 0.350 e. The molecule has 5 nitrogen and oxygen atoms in total. The van der Waals surface area contributed by atoms with E-state index < -0.39 is 32.5 Å². The number of nitrogens with one attached hydrogen (secondary N) is 1. The van der Waals surface area contributed by atoms with Crippen LogP contribution in [0.1, 0.15) is 17.6 Å². The molecular weight excluding hydrogens is 230 g/mol. The fourth-order valence-electron chi connectivity index (χ4n) is 1.09. The van der Waals surface area contributed by atoms with Gasteiger partial charge in [0.1, 0.15) is 0 Å². The first kappa shape index (κ1) is 11.8. The van der Waals surface area contributed by atoms with Gasteiger partial charge in [-0.3, -0.25) is 4.79 Å². The molecule has 3 N–H and O–H groups in total. The predicted octanol–water partition coefficient (Wildman–Crippen LogP) is 0.268. The van der Waals surface area contributed by atoms with Gasteiger partial charge in [-0.15, -0.1) is 0 Å². The molecule has 0 amide bonds. The monoisotopic (exact) mass is 238 g/mol. The van der Waals surface area contributed by atoms with E-state index in [1.165, 1.54) is 0 Å². The van der Waals surface area contributed by atoms with Crippen LogP contribution < -0.4 is 10.6 Å². The van der Waals surface area contributed by atoms with E-state index in [4.69, 9.17) is 5.14 Å². The van der Waals surface area contributed by atoms with E-state index in [1.807, 2.05) is 0 Å². The zero-order chi connectivity index (χ0) is 11.8. The van der Waals surface area contributed by atoms with Crippen molar-refractivity contribution < 1.29 is 17.2 Å². The van der Waals surface area contributed by atoms with Gasteiger partial charge in [0.15, 0.2) is 10.5 Å². The summed E-state index contributed by atoms with van der Waals surface area (Å²) < 4.78 is 46.3. The van der Waals surface area contributed by atoms with Crippen LogP contribution in [0.5, 0.6) is 0 Å². The number of alkyl halides is 2. The van der Waals surface area contributed by atoms with Crippen LogP contribution in [0.2, 0.25) is 0 Å². The molecule has 0 atom stereocenters. The van der Waals surface area contributed by atoms with Crippen LogP contribution in [0, 0.1) is 6.92 Å². The molecule has 0 fully saturated rings. The van der Waals surface area contributed by atoms with Gasteiger partial charge in [0.25, 0.3) is 16.4 Å². The van der Waals surface area contributed by atoms with Gasteiger partial charge < -0.3 is 4.98 Å². The molecule has 8 heteroatoms. The van der Waals surface area contributed by atoms with Crippen LogP contribution in [0.15, 0.2) is 16.0 Å². The van der Waals surface area contributed by atoms with Gasteiger partial charge >= 0.3 is 0 Å². The van der Waals surface area contributed by atoms with Crippen LogP contribution in [0.3, 0.4) is 0 Å². The number of hydrogen-bond acceptors (Lipinski definition) is 3. The van der Waals surface area contributed by atoms with E-state index in [9.17, 15) is 22.0 Å². The normalized spacial score (nSPS) is 12.1. The Labute approximate surface area is 84.0 Å². The van der Waals surface area contributed by atoms with E-state index in [1.54, 1.807) is 0 Å². The summed E-state index contributed by atoms with van der Waals surface area (Å²) in [5.74, 6) is 0. The van der Waals surface area contributed by atoms with Crippen molar-refractivity contribution in [2.75, 3.05) is 0 Å². The predicted molar refractivity (Wildman–Crippen MR) is 48.1 cm³/mol. The van der Waals surface area contributed by atoms with Crippen molar-refractivity contribution in [2.24, 2.45) is 5.14 Å². The lowest BCUT2D eigenvalue weighted by molar-refractivity contribution is 0.149. The number of nitrogens with two attached hydrogens (primary N) is 1. The van der Waals surface area contributed by atoms with Crippen LogP contribution in [-0.2, 0) is 10.0 Å². The Morgan fingerprint density at radius 3 is 2.40 bits per heavy atom. The minimum atomic E-state index is -4.10. The Bertz CT molecular complexity index is 536. The summed E-state index contributed by atoms with van der Waals surface area (Å²) in [6, 6.07) is 0. The fraction of sp³-hybridized carbons (Fsp3) is 0.286. The quantitative estimate of drug-likeness (QED) is 0.774. The van der Waals surface area contributed by atoms with Crippen LogP contribution >= 0.6 is 0 Å². The second kappa shape index (κ2) is 3.70. The SMILES string of the molecule is Cc1c(S(N)(=O)=O)[nH]cc(C(F)F)c1=O. The van der Waals surface area contributed by atoms with Gasteiger partial charge in [0.2, 0.25) is 0 Å². The molecule has 1 aromatic heterocycles. The van der Waals surface area contributed by atoms with E-state index in [0.29, 0.717) is 6.20 Å². The number of aromatic amines is 1. The molecule has 0 aliphatic rings. The van der Waals surface area contributed by atoms with Crippen molar-refractivity contribution in [3.8, 4) is 0 Å². The van der Waals surface area contributed by atoms with E-state index in [0.717, 1.165) is 6.92 Å². The van der Waals surface area contributed by atoms with Gasteiger partial charge in [0, 0.05) is 11.8 Å². The Hall–Kier alpha value is -1.28. The molecule has 0 radical (unpaired) electrons. The molecule has 1 heterocycles. The van der Waals surface area contributed by atoms with Gasteiger partial charge in [0.05, 0.1) is 5.56 Å². The topological polar surface area (TPSA) is 93.0 Å². The lowest BCUT2D eigenvalue weighted by atomic mass is 10.2. The summed E-state index contributed by atoms with van der Waals surface area (Å²) in [6.45, 7) is 1.12. The molecule has 1 rings (SSSR count). The van der Waals surface area contributed by atoms with Gasteiger partial charge in [-0.1, -0.05) is 0 Å². The second-order valence-electron chi connectivity index (χ2n) is 2.87. The molecule has 0 bridgehead atoms. The first-order valence-electron chi connectivity index (χ1n) is 3.78. The Morgan fingerprint density at radius 1 is 1.47 bits per heavy atom. The fourth-order valence-corrected chi connectivity index (χ4v) is 1.84. The number of sulfonamides is 1. The number of rotatable bonds is 2. The van der Waals surface area contributed by atoms with E-state index in [2.05, 4.69) is 4.98 Å². The van der Waals surface area contributed by atoms with Crippen LogP contribution in [0.25, 0.3) is 0 Å². The minimum absolute atomic E-state index is 0.338. The smallest absolute Gasteiger partial charge is 0.269 e. The highest BCUT2D eigenvalue weighted by Gasteiger charge is 2.20. The molecule has 15 heavy (non-hydrogen) atoms. The van der Waals surface area contributed by atoms with Crippen molar-refractivity contribution in [2.45, 2.75) is 18.4 Å². The molecule has 0 saturated heterocycles. The highest BCUT2D eigenvalue weighted by Crippen LogP contribution is 2.16. The summed E-state index contributed by atoms with van der Waals surface area (Å²) in [4.78, 5) is 13.3. The van der Waals surface area contributed by atoms with Crippen molar-refractivity contribution in [3.05, 3.63) is 27.5 Å². The van der Waals surface area contributed by atoms with Crippen molar-refractivity contribution >= 4 is 10.0 Å². The first-order valence-corrected chi connectivity index (χ1v) is 5.33. The summed E-state index contributed by atoms with van der Waals surface area (Å²) in [6.07, 6.45) is -2.30. The molecule has 0 unspecified atom stereocenters. The van der Waals surface area contributed by atoms with E-state index >= 15 is 0 Å². The number of halogens is 2. The molecule has 0 aliphatic carbocycles. The molecule has 1 aromatic rings. The standard InChI is InChI=1S/C7H8F2N2O3S/c1-3-5(12)4(6(8)9)2-11-7(3)15(10,13)14/h2,6H,1H3,(H,11,12)(H2,10,13,14). The van der Waals surface area contributed by atoms with Gasteiger partial charge in [-0.05, 0) is 6.92 Å². The maximum atomic E-state index is 12.2. The number of primary sulfonamides is 1. The second-order valence-corrected chi connectivity index (χ2v) is 4.37. The molecule has 84 valence electrons. The van der Waals surface area contributed by atoms with Crippen molar-refractivity contribution in [1.29, 1.82) is 0 Å². The van der Waals surface area contributed by atoms with E-state index in [-0.39, 0.29) is 5.56 Å². The highest BCUT2D eigenvalue weighted by molar-refractivity contribution is 7.89. The lowest BCUT2D eigenvalue weighted by Crippen LogP contribution is -2.22. The molecule has 0 aliphatic heterocycles. The molecule has 0 aromatic carbocycles. The third-order valence-corrected chi connectivity index (χ3v) is 2.81. The molecular formula is C7H8F2N2O3S. The number of H-pyrrole nitrogens is 1. The summed E-state index contributed by atoms with van der Waals surface area (Å²) in [5, 5.41) is 4.22. The number of hydrogen-bond donors (Lipinski definition) is 2. The first-order chi connectivity index (χ1) is 6.75. The summed E-state index contributed by atoms with van der Waals surface area (Å²) in [5.41, 5.74) is -2.14. The third-order valence-electron chi connectivity index (χ3n) is 1.82. The third kappa shape index (κ3) is 2.21. The van der Waals surface area contributed by atoms with Crippen LogP contribution in [-0.4, -0.2) is 13.4 Å². The molecule has 0 saturated carbocycles. The van der Waals surface area contributed by atoms with Gasteiger partial charge in [-0.25, -0.2) is 22.3 Å². The lowest BCUT2D eigenvalue weighted by Gasteiger charge is -2.05. The average molecular weight is 238 g/mol. The average Bonchev–Trinajstić information content (AvgIpc) is 2.06. The maximum absolute atomic E-state index is 12.2. The zero-order valence-electron chi connectivity index (χ0n) is 7.62. The number of pyridine rings is 1. The highest BCUT2D eigenvalue weighted by atomic mass is 32.2. The zero-order valence-corrected chi connectivity index (χ0v) is 8.44. The minimum Gasteiger partial charge on any atom is -0.350 e. The maximum Gasteiger partial charge on any atom is 0.269 e. The Morgan fingerprint density at radius 2 is 2.00 bits per heavy atom. The number of aromatic nitrogens is 1. The Kier molecular flexibility index (Phi) is 2.91. The summed E-state index contributed by atoms with van der Waals surface area (Å²) >= 11 is 0. The van der Waals surface area contributed by atoms with Crippen molar-refractivity contribution in [1.82, 2.24) is 4.98 Å². The Balaban J connectivity index is 3.56. The summed E-state index contributed by atoms with van der Waals surface area (Å²) in [7, 11) is -4.10.